The van der Waals surface area contributed by atoms with Crippen molar-refractivity contribution in [3.63, 3.8) is 0 Å². The zero-order chi connectivity index (χ0) is 8.48. The Morgan fingerprint density at radius 2 is 2.18 bits per heavy atom. The summed E-state index contributed by atoms with van der Waals surface area (Å²) >= 11 is 0. The van der Waals surface area contributed by atoms with Crippen LogP contribution in [0.4, 0.5) is 0 Å². The fourth-order valence-electron chi connectivity index (χ4n) is 1.31. The highest BCUT2D eigenvalue weighted by atomic mass is 14.8. The first kappa shape index (κ1) is 8.51. The second-order valence-corrected chi connectivity index (χ2v) is 4.36. The van der Waals surface area contributed by atoms with Gasteiger partial charge in [0, 0.05) is 6.21 Å². The van der Waals surface area contributed by atoms with E-state index in [1.165, 1.54) is 12.0 Å². The number of nitrogens with zero attached hydrogens (tertiary/aromatic N) is 1. The van der Waals surface area contributed by atoms with Crippen LogP contribution < -0.4 is 0 Å². The van der Waals surface area contributed by atoms with Crippen molar-refractivity contribution in [1.29, 1.82) is 0 Å². The summed E-state index contributed by atoms with van der Waals surface area (Å²) in [5, 5.41) is 0. The Balaban J connectivity index is 2.65. The monoisotopic (exact) mass is 151 g/mol. The molecule has 0 amide bonds. The van der Waals surface area contributed by atoms with Crippen molar-refractivity contribution in [3.05, 3.63) is 12.2 Å². The molecule has 0 bridgehead atoms. The van der Waals surface area contributed by atoms with E-state index in [9.17, 15) is 0 Å². The molecule has 62 valence electrons. The van der Waals surface area contributed by atoms with Crippen LogP contribution in [0.1, 0.15) is 33.6 Å². The van der Waals surface area contributed by atoms with Crippen LogP contribution in [0.15, 0.2) is 17.1 Å². The van der Waals surface area contributed by atoms with Gasteiger partial charge >= 0.3 is 0 Å². The molecular formula is C10H17N. The van der Waals surface area contributed by atoms with E-state index in [4.69, 9.17) is 0 Å². The van der Waals surface area contributed by atoms with E-state index in [1.807, 2.05) is 6.21 Å². The Kier molecular flexibility index (Phi) is 2.17. The molecule has 1 heterocycles. The second-order valence-electron chi connectivity index (χ2n) is 4.36. The summed E-state index contributed by atoms with van der Waals surface area (Å²) < 4.78 is 0. The third-order valence-corrected chi connectivity index (χ3v) is 2.18. The smallest absolute Gasteiger partial charge is 0.0551 e. The molecule has 1 unspecified atom stereocenters. The standard InChI is InChI=1S/C10H17N/c1-8-5-6-9(11-7-8)10(2,3)4/h7,9H,1,5-6H2,2-4H3. The van der Waals surface area contributed by atoms with E-state index in [0.29, 0.717) is 11.5 Å². The van der Waals surface area contributed by atoms with Gasteiger partial charge < -0.3 is 0 Å². The first-order valence-corrected chi connectivity index (χ1v) is 4.21. The zero-order valence-corrected chi connectivity index (χ0v) is 7.72. The fourth-order valence-corrected chi connectivity index (χ4v) is 1.31. The lowest BCUT2D eigenvalue weighted by molar-refractivity contribution is 0.305. The molecule has 0 aliphatic carbocycles. The van der Waals surface area contributed by atoms with Crippen LogP contribution in [0.2, 0.25) is 0 Å². The summed E-state index contributed by atoms with van der Waals surface area (Å²) in [6, 6.07) is 0.494. The number of allylic oxidation sites excluding steroid dienone is 1. The van der Waals surface area contributed by atoms with Crippen molar-refractivity contribution in [2.45, 2.75) is 39.7 Å². The third-order valence-electron chi connectivity index (χ3n) is 2.18. The van der Waals surface area contributed by atoms with Gasteiger partial charge in [0.25, 0.3) is 0 Å². The lowest BCUT2D eigenvalue weighted by Gasteiger charge is -2.29. The van der Waals surface area contributed by atoms with Gasteiger partial charge in [-0.15, -0.1) is 0 Å². The van der Waals surface area contributed by atoms with Crippen LogP contribution >= 0.6 is 0 Å². The van der Waals surface area contributed by atoms with Crippen molar-refractivity contribution in [3.8, 4) is 0 Å². The van der Waals surface area contributed by atoms with Crippen LogP contribution in [0.25, 0.3) is 0 Å². The Bertz CT molecular complexity index is 184. The second kappa shape index (κ2) is 2.80. The van der Waals surface area contributed by atoms with E-state index in [-0.39, 0.29) is 0 Å². The summed E-state index contributed by atoms with van der Waals surface area (Å²) in [6.07, 6.45) is 4.21. The van der Waals surface area contributed by atoms with Gasteiger partial charge in [-0.1, -0.05) is 27.4 Å². The number of rotatable bonds is 0. The molecule has 1 heteroatoms. The molecule has 0 spiro atoms. The number of hydrogen-bond donors (Lipinski definition) is 0. The van der Waals surface area contributed by atoms with Crippen LogP contribution in [-0.2, 0) is 0 Å². The highest BCUT2D eigenvalue weighted by Gasteiger charge is 2.24. The molecule has 0 radical (unpaired) electrons. The predicted octanol–water partition coefficient (Wildman–Crippen LogP) is 2.82. The van der Waals surface area contributed by atoms with E-state index >= 15 is 0 Å². The van der Waals surface area contributed by atoms with Crippen LogP contribution in [0, 0.1) is 5.41 Å². The maximum atomic E-state index is 4.46. The van der Waals surface area contributed by atoms with Gasteiger partial charge in [-0.3, -0.25) is 4.99 Å². The summed E-state index contributed by atoms with van der Waals surface area (Å²) in [6.45, 7) is 10.6. The minimum atomic E-state index is 0.317. The van der Waals surface area contributed by atoms with E-state index in [0.717, 1.165) is 6.42 Å². The number of hydrogen-bond acceptors (Lipinski definition) is 1. The topological polar surface area (TPSA) is 12.4 Å². The first-order valence-electron chi connectivity index (χ1n) is 4.21. The summed E-state index contributed by atoms with van der Waals surface area (Å²) in [5.41, 5.74) is 1.49. The zero-order valence-electron chi connectivity index (χ0n) is 7.72. The average Bonchev–Trinajstić information content (AvgIpc) is 1.86. The van der Waals surface area contributed by atoms with E-state index < -0.39 is 0 Å². The van der Waals surface area contributed by atoms with Crippen molar-refractivity contribution in [1.82, 2.24) is 0 Å². The largest absolute Gasteiger partial charge is 0.289 e. The molecule has 1 aliphatic rings. The molecule has 1 rings (SSSR count). The van der Waals surface area contributed by atoms with Crippen molar-refractivity contribution < 1.29 is 0 Å². The summed E-state index contributed by atoms with van der Waals surface area (Å²) in [7, 11) is 0. The molecule has 1 aliphatic heterocycles. The highest BCUT2D eigenvalue weighted by molar-refractivity contribution is 5.78. The molecule has 0 aromatic rings. The molecule has 0 saturated carbocycles. The van der Waals surface area contributed by atoms with E-state index in [2.05, 4.69) is 32.3 Å². The van der Waals surface area contributed by atoms with Gasteiger partial charge in [-0.2, -0.15) is 0 Å². The SMILES string of the molecule is C=C1C=NC(C(C)(C)C)CC1. The van der Waals surface area contributed by atoms with Crippen LogP contribution in [0.5, 0.6) is 0 Å². The van der Waals surface area contributed by atoms with Gasteiger partial charge in [-0.25, -0.2) is 0 Å². The Labute approximate surface area is 69.2 Å². The quantitative estimate of drug-likeness (QED) is 0.505. The van der Waals surface area contributed by atoms with Gasteiger partial charge in [0.15, 0.2) is 0 Å². The molecule has 1 nitrogen and oxygen atoms in total. The summed E-state index contributed by atoms with van der Waals surface area (Å²) in [5.74, 6) is 0. The molecule has 0 aromatic heterocycles. The van der Waals surface area contributed by atoms with Gasteiger partial charge in [0.05, 0.1) is 6.04 Å². The highest BCUT2D eigenvalue weighted by Crippen LogP contribution is 2.28. The first-order chi connectivity index (χ1) is 5.00. The van der Waals surface area contributed by atoms with Gasteiger partial charge in [0.2, 0.25) is 0 Å². The maximum absolute atomic E-state index is 4.46. The van der Waals surface area contributed by atoms with Crippen LogP contribution in [0.3, 0.4) is 0 Å². The summed E-state index contributed by atoms with van der Waals surface area (Å²) in [4.78, 5) is 4.46. The Morgan fingerprint density at radius 3 is 2.55 bits per heavy atom. The molecule has 0 aromatic carbocycles. The third kappa shape index (κ3) is 2.18. The van der Waals surface area contributed by atoms with Gasteiger partial charge in [-0.05, 0) is 23.8 Å². The fraction of sp³-hybridized carbons (Fsp3) is 0.700. The average molecular weight is 151 g/mol. The Morgan fingerprint density at radius 1 is 1.55 bits per heavy atom. The normalized spacial score (nSPS) is 25.7. The lowest BCUT2D eigenvalue weighted by Crippen LogP contribution is -2.26. The molecule has 11 heavy (non-hydrogen) atoms. The van der Waals surface area contributed by atoms with Crippen molar-refractivity contribution >= 4 is 6.21 Å². The number of aliphatic imine (C=N–C) groups is 1. The molecule has 0 N–H and O–H groups in total. The Hall–Kier alpha value is -0.590. The van der Waals surface area contributed by atoms with Crippen molar-refractivity contribution in [2.24, 2.45) is 10.4 Å². The minimum Gasteiger partial charge on any atom is -0.289 e. The lowest BCUT2D eigenvalue weighted by atomic mass is 9.82. The van der Waals surface area contributed by atoms with E-state index in [1.54, 1.807) is 0 Å². The molecule has 1 atom stereocenters. The predicted molar refractivity (Wildman–Crippen MR) is 50.1 cm³/mol. The molecule has 0 saturated heterocycles. The van der Waals surface area contributed by atoms with Crippen molar-refractivity contribution in [2.75, 3.05) is 0 Å². The molecular weight excluding hydrogens is 134 g/mol. The van der Waals surface area contributed by atoms with Gasteiger partial charge in [0.1, 0.15) is 0 Å². The van der Waals surface area contributed by atoms with Crippen LogP contribution in [-0.4, -0.2) is 12.3 Å². The molecule has 0 fully saturated rings. The maximum Gasteiger partial charge on any atom is 0.0551 e. The minimum absolute atomic E-state index is 0.317.